The minimum absolute atomic E-state index is 0.367. The molecule has 37 heavy (non-hydrogen) atoms. The second-order valence-corrected chi connectivity index (χ2v) is 9.77. The van der Waals surface area contributed by atoms with Crippen molar-refractivity contribution in [2.24, 2.45) is 0 Å². The summed E-state index contributed by atoms with van der Waals surface area (Å²) in [5, 5.41) is 34.4. The summed E-state index contributed by atoms with van der Waals surface area (Å²) in [7, 11) is 0. The van der Waals surface area contributed by atoms with Gasteiger partial charge in [-0.1, -0.05) is 23.7 Å². The van der Waals surface area contributed by atoms with Crippen molar-refractivity contribution < 1.29 is 24.9 Å². The molecule has 3 aromatic rings. The molecule has 0 radical (unpaired) electrons. The van der Waals surface area contributed by atoms with Gasteiger partial charge in [0.25, 0.3) is 0 Å². The first kappa shape index (κ1) is 28.0. The average Bonchev–Trinajstić information content (AvgIpc) is 3.29. The normalized spacial score (nSPS) is 14.8. The Labute approximate surface area is 219 Å². The number of carboxylic acid groups (broad SMARTS) is 2. The van der Waals surface area contributed by atoms with E-state index >= 15 is 0 Å². The number of halogens is 1. The van der Waals surface area contributed by atoms with Crippen molar-refractivity contribution in [1.82, 2.24) is 25.1 Å². The zero-order valence-corrected chi connectivity index (χ0v) is 21.4. The number of nitrogens with one attached hydrogen (secondary N) is 1. The zero-order chi connectivity index (χ0) is 27.0. The van der Waals surface area contributed by atoms with Gasteiger partial charge in [-0.3, -0.25) is 5.10 Å². The summed E-state index contributed by atoms with van der Waals surface area (Å²) in [4.78, 5) is 30.0. The largest absolute Gasteiger partial charge is 0.478 e. The predicted molar refractivity (Wildman–Crippen MR) is 139 cm³/mol. The maximum Gasteiger partial charge on any atom is 0.328 e. The SMILES string of the molecule is CC(C)(O)CN1CCC(c2[nH]nc(-c3ccc(Cl)cc3)c2-c2ccncn2)CC1.O=C(O)/C=C/C(=O)O. The number of H-pyrrole nitrogens is 1. The number of aliphatic carboxylic acids is 2. The fraction of sp³-hybridized carbons (Fsp3) is 0.346. The number of likely N-dealkylation sites (tertiary alicyclic amines) is 1. The van der Waals surface area contributed by atoms with Crippen LogP contribution >= 0.6 is 11.6 Å². The molecule has 0 aliphatic carbocycles. The Morgan fingerprint density at radius 3 is 2.24 bits per heavy atom. The van der Waals surface area contributed by atoms with E-state index in [4.69, 9.17) is 21.8 Å². The molecule has 0 amide bonds. The first-order valence-corrected chi connectivity index (χ1v) is 12.1. The van der Waals surface area contributed by atoms with E-state index in [1.54, 1.807) is 12.5 Å². The van der Waals surface area contributed by atoms with Crippen molar-refractivity contribution in [3.8, 4) is 22.5 Å². The lowest BCUT2D eigenvalue weighted by molar-refractivity contribution is -0.134. The van der Waals surface area contributed by atoms with Crippen LogP contribution in [0.4, 0.5) is 0 Å². The highest BCUT2D eigenvalue weighted by Gasteiger charge is 2.29. The van der Waals surface area contributed by atoms with Gasteiger partial charge >= 0.3 is 11.9 Å². The topological polar surface area (TPSA) is 153 Å². The van der Waals surface area contributed by atoms with Gasteiger partial charge in [-0.05, 0) is 58.0 Å². The number of benzene rings is 1. The van der Waals surface area contributed by atoms with Crippen LogP contribution in [0, 0.1) is 0 Å². The molecule has 1 fully saturated rings. The molecule has 3 heterocycles. The molecule has 0 atom stereocenters. The fourth-order valence-corrected chi connectivity index (χ4v) is 4.36. The molecule has 11 heteroatoms. The Kier molecular flexibility index (Phi) is 9.51. The third-order valence-corrected chi connectivity index (χ3v) is 5.98. The summed E-state index contributed by atoms with van der Waals surface area (Å²) < 4.78 is 0. The van der Waals surface area contributed by atoms with Crippen molar-refractivity contribution in [1.29, 1.82) is 0 Å². The van der Waals surface area contributed by atoms with Crippen LogP contribution in [0.3, 0.4) is 0 Å². The van der Waals surface area contributed by atoms with Crippen LogP contribution in [0.5, 0.6) is 0 Å². The molecule has 196 valence electrons. The standard InChI is InChI=1S/C22H26ClN5O.C4H4O4/c1-22(2,29)13-28-11-8-16(9-12-28)21-19(18-7-10-24-14-25-18)20(26-27-21)15-3-5-17(23)6-4-15;5-3(6)1-2-4(7)8/h3-7,10,14,16,29H,8-9,11-13H2,1-2H3,(H,26,27);1-2H,(H,5,6)(H,7,8)/b;2-1+. The van der Waals surface area contributed by atoms with E-state index in [2.05, 4.69) is 25.1 Å². The molecule has 1 aromatic carbocycles. The van der Waals surface area contributed by atoms with Gasteiger partial charge in [0, 0.05) is 52.7 Å². The summed E-state index contributed by atoms with van der Waals surface area (Å²) in [5.74, 6) is -2.15. The van der Waals surface area contributed by atoms with Crippen LogP contribution in [0.2, 0.25) is 5.02 Å². The lowest BCUT2D eigenvalue weighted by Crippen LogP contribution is -2.42. The smallest absolute Gasteiger partial charge is 0.328 e. The summed E-state index contributed by atoms with van der Waals surface area (Å²) in [6, 6.07) is 9.66. The summed E-state index contributed by atoms with van der Waals surface area (Å²) >= 11 is 6.07. The first-order chi connectivity index (χ1) is 17.5. The lowest BCUT2D eigenvalue weighted by atomic mass is 9.88. The average molecular weight is 528 g/mol. The number of aliphatic hydroxyl groups is 1. The highest BCUT2D eigenvalue weighted by Crippen LogP contribution is 2.39. The molecule has 4 N–H and O–H groups in total. The van der Waals surface area contributed by atoms with Gasteiger partial charge in [0.2, 0.25) is 0 Å². The number of aromatic amines is 1. The number of hydrogen-bond acceptors (Lipinski definition) is 7. The van der Waals surface area contributed by atoms with E-state index in [1.807, 2.05) is 44.2 Å². The molecule has 2 aromatic heterocycles. The van der Waals surface area contributed by atoms with Crippen molar-refractivity contribution in [3.05, 3.63) is 65.7 Å². The van der Waals surface area contributed by atoms with E-state index in [0.29, 0.717) is 29.6 Å². The van der Waals surface area contributed by atoms with Crippen molar-refractivity contribution >= 4 is 23.5 Å². The van der Waals surface area contributed by atoms with Crippen molar-refractivity contribution in [2.45, 2.75) is 38.2 Å². The molecular formula is C26H30ClN5O5. The molecule has 0 spiro atoms. The molecule has 0 unspecified atom stereocenters. The molecule has 4 rings (SSSR count). The quantitative estimate of drug-likeness (QED) is 0.335. The minimum atomic E-state index is -1.26. The number of rotatable bonds is 7. The highest BCUT2D eigenvalue weighted by atomic mass is 35.5. The Hall–Kier alpha value is -3.60. The Morgan fingerprint density at radius 1 is 1.11 bits per heavy atom. The maximum atomic E-state index is 10.1. The maximum absolute atomic E-state index is 10.1. The molecule has 0 saturated carbocycles. The minimum Gasteiger partial charge on any atom is -0.478 e. The van der Waals surface area contributed by atoms with Crippen LogP contribution in [-0.4, -0.2) is 77.6 Å². The van der Waals surface area contributed by atoms with Gasteiger partial charge < -0.3 is 20.2 Å². The molecular weight excluding hydrogens is 498 g/mol. The monoisotopic (exact) mass is 527 g/mol. The second-order valence-electron chi connectivity index (χ2n) is 9.34. The second kappa shape index (κ2) is 12.6. The van der Waals surface area contributed by atoms with E-state index in [1.165, 1.54) is 0 Å². The van der Waals surface area contributed by atoms with Gasteiger partial charge in [0.05, 0.1) is 11.3 Å². The summed E-state index contributed by atoms with van der Waals surface area (Å²) in [6.45, 7) is 6.32. The third kappa shape index (κ3) is 8.49. The Balaban J connectivity index is 0.000000414. The van der Waals surface area contributed by atoms with Crippen molar-refractivity contribution in [2.75, 3.05) is 19.6 Å². The van der Waals surface area contributed by atoms with E-state index in [-0.39, 0.29) is 0 Å². The van der Waals surface area contributed by atoms with Crippen LogP contribution < -0.4 is 0 Å². The van der Waals surface area contributed by atoms with Crippen LogP contribution in [-0.2, 0) is 9.59 Å². The van der Waals surface area contributed by atoms with Gasteiger partial charge in [-0.25, -0.2) is 19.6 Å². The molecule has 10 nitrogen and oxygen atoms in total. The van der Waals surface area contributed by atoms with Gasteiger partial charge in [0.1, 0.15) is 12.0 Å². The molecule has 0 bridgehead atoms. The number of piperidine rings is 1. The Morgan fingerprint density at radius 2 is 1.73 bits per heavy atom. The predicted octanol–water partition coefficient (Wildman–Crippen LogP) is 3.85. The lowest BCUT2D eigenvalue weighted by Gasteiger charge is -2.35. The van der Waals surface area contributed by atoms with Gasteiger partial charge in [-0.15, -0.1) is 0 Å². The molecule has 1 saturated heterocycles. The van der Waals surface area contributed by atoms with Crippen LogP contribution in [0.25, 0.3) is 22.5 Å². The zero-order valence-electron chi connectivity index (χ0n) is 20.6. The number of carboxylic acids is 2. The molecule has 1 aliphatic rings. The van der Waals surface area contributed by atoms with E-state index < -0.39 is 17.5 Å². The summed E-state index contributed by atoms with van der Waals surface area (Å²) in [6.07, 6.45) is 6.47. The number of nitrogens with zero attached hydrogens (tertiary/aromatic N) is 4. The Bertz CT molecular complexity index is 1200. The molecule has 1 aliphatic heterocycles. The van der Waals surface area contributed by atoms with Crippen molar-refractivity contribution in [3.63, 3.8) is 0 Å². The number of aromatic nitrogens is 4. The van der Waals surface area contributed by atoms with Gasteiger partial charge in [-0.2, -0.15) is 5.10 Å². The summed E-state index contributed by atoms with van der Waals surface area (Å²) in [5.41, 5.74) is 4.24. The van der Waals surface area contributed by atoms with E-state index in [0.717, 1.165) is 54.1 Å². The van der Waals surface area contributed by atoms with E-state index in [9.17, 15) is 14.7 Å². The third-order valence-electron chi connectivity index (χ3n) is 5.72. The van der Waals surface area contributed by atoms with Crippen LogP contribution in [0.15, 0.2) is 55.0 Å². The van der Waals surface area contributed by atoms with Gasteiger partial charge in [0.15, 0.2) is 0 Å². The fourth-order valence-electron chi connectivity index (χ4n) is 4.23. The first-order valence-electron chi connectivity index (χ1n) is 11.7. The number of carbonyl (C=O) groups is 2. The number of β-amino-alcohol motifs (C(OH)–C–C–N with tert-alkyl or cyclic N) is 1. The highest BCUT2D eigenvalue weighted by molar-refractivity contribution is 6.30. The number of hydrogen-bond donors (Lipinski definition) is 4. The van der Waals surface area contributed by atoms with Crippen LogP contribution in [0.1, 0.15) is 38.3 Å².